The molecule has 4 heteroatoms. The van der Waals surface area contributed by atoms with Crippen LogP contribution in [-0.2, 0) is 0 Å². The summed E-state index contributed by atoms with van der Waals surface area (Å²) in [4.78, 5) is 12.4. The van der Waals surface area contributed by atoms with Crippen LogP contribution in [0, 0.1) is 6.92 Å². The van der Waals surface area contributed by atoms with Crippen LogP contribution in [-0.4, -0.2) is 5.78 Å². The molecule has 1 N–H and O–H groups in total. The van der Waals surface area contributed by atoms with E-state index in [0.29, 0.717) is 0 Å². The van der Waals surface area contributed by atoms with Crippen LogP contribution < -0.4 is 5.32 Å². The second kappa shape index (κ2) is 5.98. The average Bonchev–Trinajstić information content (AvgIpc) is 2.87. The first-order chi connectivity index (χ1) is 8.66. The van der Waals surface area contributed by atoms with Crippen LogP contribution in [0.25, 0.3) is 0 Å². The molecule has 0 aliphatic carbocycles. The van der Waals surface area contributed by atoms with Crippen molar-refractivity contribution in [2.45, 2.75) is 6.92 Å². The van der Waals surface area contributed by atoms with Crippen molar-refractivity contribution in [1.82, 2.24) is 0 Å². The molecule has 0 unspecified atom stereocenters. The van der Waals surface area contributed by atoms with E-state index in [0.717, 1.165) is 20.6 Å². The summed E-state index contributed by atoms with van der Waals surface area (Å²) in [5, 5.41) is 4.98. The molecule has 18 heavy (non-hydrogen) atoms. The lowest BCUT2D eigenvalue weighted by molar-refractivity contribution is 0.105. The summed E-state index contributed by atoms with van der Waals surface area (Å²) in [6, 6.07) is 9.64. The van der Waals surface area contributed by atoms with Crippen LogP contribution in [0.5, 0.6) is 0 Å². The Morgan fingerprint density at radius 2 is 2.22 bits per heavy atom. The fraction of sp³-hybridized carbons (Fsp3) is 0.0714. The van der Waals surface area contributed by atoms with Crippen LogP contribution in [0.1, 0.15) is 15.2 Å². The fourth-order valence-electron chi connectivity index (χ4n) is 1.45. The van der Waals surface area contributed by atoms with Gasteiger partial charge in [-0.05, 0) is 42.1 Å². The minimum atomic E-state index is 0.0198. The smallest absolute Gasteiger partial charge is 0.197 e. The fourth-order valence-corrected chi connectivity index (χ4v) is 2.34. The summed E-state index contributed by atoms with van der Waals surface area (Å²) in [6.07, 6.45) is 3.22. The zero-order valence-corrected chi connectivity index (χ0v) is 12.2. The Labute approximate surface area is 118 Å². The molecule has 0 fully saturated rings. The first kappa shape index (κ1) is 13.1. The summed E-state index contributed by atoms with van der Waals surface area (Å²) < 4.78 is 1.08. The third-order valence-corrected chi connectivity index (χ3v) is 4.18. The van der Waals surface area contributed by atoms with E-state index in [1.807, 2.05) is 42.6 Å². The zero-order valence-electron chi connectivity index (χ0n) is 9.81. The molecule has 0 saturated heterocycles. The van der Waals surface area contributed by atoms with Gasteiger partial charge in [0.05, 0.1) is 4.88 Å². The van der Waals surface area contributed by atoms with Crippen LogP contribution in [0.3, 0.4) is 0 Å². The molecule has 92 valence electrons. The van der Waals surface area contributed by atoms with E-state index in [9.17, 15) is 4.79 Å². The molecule has 2 aromatic rings. The predicted octanol–water partition coefficient (Wildman–Crippen LogP) is 4.63. The van der Waals surface area contributed by atoms with Crippen LogP contribution in [0.15, 0.2) is 52.5 Å². The Hall–Kier alpha value is -1.39. The number of benzene rings is 1. The van der Waals surface area contributed by atoms with Gasteiger partial charge in [-0.1, -0.05) is 22.0 Å². The highest BCUT2D eigenvalue weighted by Gasteiger charge is 2.01. The number of aryl methyl sites for hydroxylation is 1. The molecule has 1 aromatic heterocycles. The molecule has 2 nitrogen and oxygen atoms in total. The lowest BCUT2D eigenvalue weighted by atomic mass is 10.2. The molecule has 0 aliphatic rings. The van der Waals surface area contributed by atoms with Gasteiger partial charge in [0.1, 0.15) is 0 Å². The van der Waals surface area contributed by atoms with Gasteiger partial charge in [0.25, 0.3) is 0 Å². The van der Waals surface area contributed by atoms with Crippen molar-refractivity contribution in [2.75, 3.05) is 5.32 Å². The molecule has 1 heterocycles. The number of carbonyl (C=O) groups excluding carboxylic acids is 1. The van der Waals surface area contributed by atoms with Gasteiger partial charge in [0, 0.05) is 22.4 Å². The zero-order chi connectivity index (χ0) is 13.0. The molecule has 0 saturated carbocycles. The molecule has 0 amide bonds. The molecule has 0 atom stereocenters. The molecule has 0 bridgehead atoms. The molecule has 0 radical (unpaired) electrons. The van der Waals surface area contributed by atoms with E-state index < -0.39 is 0 Å². The SMILES string of the molecule is Cc1cc(N/C=C/C(=O)c2cccs2)ccc1Br. The molecular formula is C14H12BrNOS. The molecule has 0 aliphatic heterocycles. The number of hydrogen-bond acceptors (Lipinski definition) is 3. The summed E-state index contributed by atoms with van der Waals surface area (Å²) in [7, 11) is 0. The van der Waals surface area contributed by atoms with Crippen molar-refractivity contribution in [1.29, 1.82) is 0 Å². The van der Waals surface area contributed by atoms with Gasteiger partial charge in [0.2, 0.25) is 0 Å². The van der Waals surface area contributed by atoms with Crippen molar-refractivity contribution in [3.8, 4) is 0 Å². The second-order valence-corrected chi connectivity index (χ2v) is 5.59. The summed E-state index contributed by atoms with van der Waals surface area (Å²) in [5.74, 6) is 0.0198. The topological polar surface area (TPSA) is 29.1 Å². The molecule has 2 rings (SSSR count). The van der Waals surface area contributed by atoms with Gasteiger partial charge in [-0.3, -0.25) is 4.79 Å². The van der Waals surface area contributed by atoms with Crippen molar-refractivity contribution in [3.05, 3.63) is 62.9 Å². The molecule has 0 spiro atoms. The number of halogens is 1. The van der Waals surface area contributed by atoms with E-state index in [1.165, 1.54) is 11.3 Å². The van der Waals surface area contributed by atoms with E-state index >= 15 is 0 Å². The van der Waals surface area contributed by atoms with Crippen molar-refractivity contribution >= 4 is 38.7 Å². The number of anilines is 1. The van der Waals surface area contributed by atoms with Gasteiger partial charge < -0.3 is 5.32 Å². The summed E-state index contributed by atoms with van der Waals surface area (Å²) in [6.45, 7) is 2.02. The Kier molecular flexibility index (Phi) is 4.33. The second-order valence-electron chi connectivity index (χ2n) is 3.78. The lowest BCUT2D eigenvalue weighted by Crippen LogP contribution is -1.93. The first-order valence-corrected chi connectivity index (χ1v) is 7.11. The third-order valence-electron chi connectivity index (χ3n) is 2.41. The van der Waals surface area contributed by atoms with Crippen molar-refractivity contribution in [2.24, 2.45) is 0 Å². The van der Waals surface area contributed by atoms with Gasteiger partial charge in [-0.15, -0.1) is 11.3 Å². The maximum absolute atomic E-state index is 11.7. The van der Waals surface area contributed by atoms with Crippen molar-refractivity contribution < 1.29 is 4.79 Å². The number of allylic oxidation sites excluding steroid dienone is 1. The minimum Gasteiger partial charge on any atom is -0.362 e. The normalized spacial score (nSPS) is 10.8. The van der Waals surface area contributed by atoms with Crippen LogP contribution >= 0.6 is 27.3 Å². The number of carbonyl (C=O) groups is 1. The highest BCUT2D eigenvalue weighted by atomic mass is 79.9. The lowest BCUT2D eigenvalue weighted by Gasteiger charge is -2.03. The van der Waals surface area contributed by atoms with Gasteiger partial charge in [-0.2, -0.15) is 0 Å². The maximum atomic E-state index is 11.7. The Morgan fingerprint density at radius 1 is 1.39 bits per heavy atom. The minimum absolute atomic E-state index is 0.0198. The standard InChI is InChI=1S/C14H12BrNOS/c1-10-9-11(4-5-12(10)15)16-7-6-13(17)14-3-2-8-18-14/h2-9,16H,1H3/b7-6+. The summed E-state index contributed by atoms with van der Waals surface area (Å²) in [5.41, 5.74) is 2.11. The highest BCUT2D eigenvalue weighted by Crippen LogP contribution is 2.20. The Balaban J connectivity index is 1.99. The van der Waals surface area contributed by atoms with Crippen LogP contribution in [0.4, 0.5) is 5.69 Å². The predicted molar refractivity (Wildman–Crippen MR) is 80.3 cm³/mol. The van der Waals surface area contributed by atoms with Gasteiger partial charge in [-0.25, -0.2) is 0 Å². The quantitative estimate of drug-likeness (QED) is 0.657. The van der Waals surface area contributed by atoms with E-state index in [2.05, 4.69) is 21.2 Å². The Morgan fingerprint density at radius 3 is 2.89 bits per heavy atom. The molecule has 1 aromatic carbocycles. The maximum Gasteiger partial charge on any atom is 0.197 e. The van der Waals surface area contributed by atoms with E-state index in [-0.39, 0.29) is 5.78 Å². The number of thiophene rings is 1. The van der Waals surface area contributed by atoms with Gasteiger partial charge in [0.15, 0.2) is 5.78 Å². The average molecular weight is 322 g/mol. The number of ketones is 1. The van der Waals surface area contributed by atoms with Crippen molar-refractivity contribution in [3.63, 3.8) is 0 Å². The largest absolute Gasteiger partial charge is 0.362 e. The monoisotopic (exact) mass is 321 g/mol. The Bertz CT molecular complexity index is 575. The summed E-state index contributed by atoms with van der Waals surface area (Å²) >= 11 is 4.90. The first-order valence-electron chi connectivity index (χ1n) is 5.44. The number of rotatable bonds is 4. The number of hydrogen-bond donors (Lipinski definition) is 1. The third kappa shape index (κ3) is 3.31. The number of nitrogens with one attached hydrogen (secondary N) is 1. The highest BCUT2D eigenvalue weighted by molar-refractivity contribution is 9.10. The molecular weight excluding hydrogens is 310 g/mol. The van der Waals surface area contributed by atoms with Gasteiger partial charge >= 0.3 is 0 Å². The van der Waals surface area contributed by atoms with Crippen LogP contribution in [0.2, 0.25) is 0 Å². The van der Waals surface area contributed by atoms with E-state index in [4.69, 9.17) is 0 Å². The van der Waals surface area contributed by atoms with E-state index in [1.54, 1.807) is 12.3 Å².